The van der Waals surface area contributed by atoms with E-state index in [1.165, 1.54) is 15.4 Å². The van der Waals surface area contributed by atoms with Crippen LogP contribution in [-0.4, -0.2) is 18.3 Å². The molecule has 3 rings (SSSR count). The summed E-state index contributed by atoms with van der Waals surface area (Å²) in [6, 6.07) is 8.15. The van der Waals surface area contributed by atoms with E-state index < -0.39 is 0 Å². The van der Waals surface area contributed by atoms with Crippen molar-refractivity contribution in [3.63, 3.8) is 0 Å². The molecular weight excluding hydrogens is 308 g/mol. The van der Waals surface area contributed by atoms with Crippen molar-refractivity contribution in [1.29, 1.82) is 0 Å². The topological polar surface area (TPSA) is 17.1 Å². The fourth-order valence-electron chi connectivity index (χ4n) is 4.01. The third kappa shape index (κ3) is 2.39. The summed E-state index contributed by atoms with van der Waals surface area (Å²) in [6.07, 6.45) is 11.6. The molecule has 2 aliphatic carbocycles. The van der Waals surface area contributed by atoms with E-state index in [9.17, 15) is 4.79 Å². The molecule has 0 aliphatic heterocycles. The molecule has 1 aromatic carbocycles. The molecular formula is C19H22OS2. The molecule has 1 aromatic rings. The van der Waals surface area contributed by atoms with E-state index in [4.69, 9.17) is 0 Å². The molecule has 0 bridgehead atoms. The quantitative estimate of drug-likeness (QED) is 0.697. The number of carbonyl (C=O) groups excluding carboxylic acids is 1. The smallest absolute Gasteiger partial charge is 0.170 e. The summed E-state index contributed by atoms with van der Waals surface area (Å²) in [4.78, 5) is 13.3. The highest BCUT2D eigenvalue weighted by Crippen LogP contribution is 2.52. The normalized spacial score (nSPS) is 26.3. The average molecular weight is 331 g/mol. The van der Waals surface area contributed by atoms with Gasteiger partial charge in [0.2, 0.25) is 0 Å². The molecule has 0 fully saturated rings. The van der Waals surface area contributed by atoms with E-state index in [0.717, 1.165) is 24.8 Å². The zero-order valence-electron chi connectivity index (χ0n) is 13.4. The van der Waals surface area contributed by atoms with Gasteiger partial charge in [-0.05, 0) is 49.8 Å². The van der Waals surface area contributed by atoms with Crippen molar-refractivity contribution in [2.24, 2.45) is 11.3 Å². The summed E-state index contributed by atoms with van der Waals surface area (Å²) < 4.78 is 1.35. The second-order valence-corrected chi connectivity index (χ2v) is 8.02. The lowest BCUT2D eigenvalue weighted by Crippen LogP contribution is -2.40. The molecule has 2 unspecified atom stereocenters. The first-order valence-electron chi connectivity index (χ1n) is 7.72. The molecule has 3 heteroatoms. The monoisotopic (exact) mass is 330 g/mol. The van der Waals surface area contributed by atoms with Crippen LogP contribution < -0.4 is 0 Å². The summed E-state index contributed by atoms with van der Waals surface area (Å²) in [7, 11) is 0. The maximum atomic E-state index is 13.3. The van der Waals surface area contributed by atoms with Crippen LogP contribution in [0, 0.1) is 11.3 Å². The summed E-state index contributed by atoms with van der Waals surface area (Å²) in [5, 5.41) is 0. The Morgan fingerprint density at radius 1 is 1.23 bits per heavy atom. The Bertz CT molecular complexity index is 653. The molecule has 0 heterocycles. The van der Waals surface area contributed by atoms with E-state index in [-0.39, 0.29) is 11.3 Å². The van der Waals surface area contributed by atoms with Crippen LogP contribution in [0.5, 0.6) is 0 Å². The Kier molecular flexibility index (Phi) is 4.56. The number of aryl methyl sites for hydroxylation is 1. The minimum absolute atomic E-state index is 0.241. The number of Topliss-reactive ketones (excluding diaryl/α,β-unsaturated/α-hetero) is 1. The minimum Gasteiger partial charge on any atom is -0.293 e. The number of thioether (sulfide) groups is 2. The van der Waals surface area contributed by atoms with Crippen LogP contribution in [0.4, 0.5) is 0 Å². The lowest BCUT2D eigenvalue weighted by Gasteiger charge is -2.39. The number of ketones is 1. The summed E-state index contributed by atoms with van der Waals surface area (Å²) in [5.41, 5.74) is 3.29. The Balaban J connectivity index is 2.04. The predicted octanol–water partition coefficient (Wildman–Crippen LogP) is 5.34. The van der Waals surface area contributed by atoms with Gasteiger partial charge in [-0.2, -0.15) is 0 Å². The van der Waals surface area contributed by atoms with Crippen LogP contribution in [-0.2, 0) is 6.42 Å². The molecule has 1 nitrogen and oxygen atoms in total. The van der Waals surface area contributed by atoms with Gasteiger partial charge in [-0.3, -0.25) is 4.79 Å². The molecule has 0 saturated carbocycles. The van der Waals surface area contributed by atoms with Gasteiger partial charge in [-0.1, -0.05) is 36.4 Å². The Morgan fingerprint density at radius 2 is 1.95 bits per heavy atom. The van der Waals surface area contributed by atoms with Crippen LogP contribution in [0.15, 0.2) is 46.2 Å². The number of benzene rings is 1. The van der Waals surface area contributed by atoms with Crippen LogP contribution in [0.1, 0.15) is 35.7 Å². The summed E-state index contributed by atoms with van der Waals surface area (Å²) in [6.45, 7) is 2.21. The lowest BCUT2D eigenvalue weighted by atomic mass is 9.63. The maximum Gasteiger partial charge on any atom is 0.170 e. The molecule has 0 N–H and O–H groups in total. The van der Waals surface area contributed by atoms with E-state index >= 15 is 0 Å². The highest BCUT2D eigenvalue weighted by atomic mass is 32.2. The second-order valence-electron chi connectivity index (χ2n) is 6.13. The molecule has 2 aliphatic rings. The number of hydrogen-bond donors (Lipinski definition) is 0. The number of hydrogen-bond acceptors (Lipinski definition) is 3. The predicted molar refractivity (Wildman–Crippen MR) is 98.5 cm³/mol. The van der Waals surface area contributed by atoms with Crippen molar-refractivity contribution in [3.05, 3.63) is 57.4 Å². The van der Waals surface area contributed by atoms with Gasteiger partial charge < -0.3 is 0 Å². The fourth-order valence-corrected chi connectivity index (χ4v) is 5.57. The third-order valence-corrected chi connectivity index (χ3v) is 7.51. The van der Waals surface area contributed by atoms with Crippen LogP contribution in [0.3, 0.4) is 0 Å². The molecule has 0 aromatic heterocycles. The highest BCUT2D eigenvalue weighted by molar-refractivity contribution is 8.21. The summed E-state index contributed by atoms with van der Waals surface area (Å²) in [5.74, 6) is 0.605. The number of fused-ring (bicyclic) bond motifs is 1. The van der Waals surface area contributed by atoms with E-state index in [1.54, 1.807) is 23.5 Å². The Morgan fingerprint density at radius 3 is 2.68 bits per heavy atom. The molecule has 22 heavy (non-hydrogen) atoms. The van der Waals surface area contributed by atoms with Gasteiger partial charge in [0, 0.05) is 21.1 Å². The van der Waals surface area contributed by atoms with Crippen molar-refractivity contribution in [1.82, 2.24) is 0 Å². The van der Waals surface area contributed by atoms with Gasteiger partial charge in [-0.25, -0.2) is 0 Å². The van der Waals surface area contributed by atoms with Crippen LogP contribution in [0.2, 0.25) is 0 Å². The van der Waals surface area contributed by atoms with Crippen molar-refractivity contribution >= 4 is 29.3 Å². The molecule has 2 atom stereocenters. The first kappa shape index (κ1) is 15.9. The zero-order chi connectivity index (χ0) is 15.7. The number of rotatable bonds is 3. The van der Waals surface area contributed by atoms with E-state index in [1.807, 2.05) is 18.2 Å². The standard InChI is InChI=1S/C19H22OS2/c1-13(18(21-2)22-3)16-9-6-11-19(16)12-10-14-7-4-5-8-15(14)17(19)20/h4-9,16H,10-12H2,1-3H3. The average Bonchev–Trinajstić information content (AvgIpc) is 2.97. The first-order chi connectivity index (χ1) is 10.6. The van der Waals surface area contributed by atoms with Crippen molar-refractivity contribution in [3.8, 4) is 0 Å². The zero-order valence-corrected chi connectivity index (χ0v) is 15.0. The SMILES string of the molecule is CSC(SC)=C(C)C1C=CCC12CCc1ccccc1C2=O. The van der Waals surface area contributed by atoms with Crippen molar-refractivity contribution in [2.75, 3.05) is 12.5 Å². The van der Waals surface area contributed by atoms with E-state index in [0.29, 0.717) is 5.78 Å². The lowest BCUT2D eigenvalue weighted by molar-refractivity contribution is 0.0720. The summed E-state index contributed by atoms with van der Waals surface area (Å²) >= 11 is 3.59. The second kappa shape index (κ2) is 6.29. The highest BCUT2D eigenvalue weighted by Gasteiger charge is 2.49. The molecule has 0 amide bonds. The molecule has 0 saturated heterocycles. The fraction of sp³-hybridized carbons (Fsp3) is 0.421. The van der Waals surface area contributed by atoms with Gasteiger partial charge in [0.15, 0.2) is 5.78 Å². The largest absolute Gasteiger partial charge is 0.293 e. The third-order valence-electron chi connectivity index (χ3n) is 5.12. The van der Waals surface area contributed by atoms with Gasteiger partial charge in [0.1, 0.15) is 0 Å². The van der Waals surface area contributed by atoms with Gasteiger partial charge in [0.25, 0.3) is 0 Å². The van der Waals surface area contributed by atoms with Gasteiger partial charge in [-0.15, -0.1) is 23.5 Å². The molecule has 1 spiro atoms. The van der Waals surface area contributed by atoms with Crippen molar-refractivity contribution < 1.29 is 4.79 Å². The van der Waals surface area contributed by atoms with Gasteiger partial charge in [0.05, 0.1) is 0 Å². The number of allylic oxidation sites excluding steroid dienone is 3. The van der Waals surface area contributed by atoms with Crippen molar-refractivity contribution in [2.45, 2.75) is 26.2 Å². The van der Waals surface area contributed by atoms with E-state index in [2.05, 4.69) is 37.7 Å². The maximum absolute atomic E-state index is 13.3. The van der Waals surface area contributed by atoms with Gasteiger partial charge >= 0.3 is 0 Å². The number of carbonyl (C=O) groups is 1. The minimum atomic E-state index is -0.241. The Hall–Kier alpha value is -0.930. The Labute approximate surface area is 141 Å². The first-order valence-corrected chi connectivity index (χ1v) is 10.2. The van der Waals surface area contributed by atoms with Crippen LogP contribution >= 0.6 is 23.5 Å². The molecule has 0 radical (unpaired) electrons. The molecule has 116 valence electrons. The van der Waals surface area contributed by atoms with Crippen LogP contribution in [0.25, 0.3) is 0 Å².